The Labute approximate surface area is 245 Å². The summed E-state index contributed by atoms with van der Waals surface area (Å²) in [5.41, 5.74) is 2.35. The van der Waals surface area contributed by atoms with Crippen molar-refractivity contribution in [3.8, 4) is 17.1 Å². The van der Waals surface area contributed by atoms with Gasteiger partial charge in [0.2, 0.25) is 0 Å². The Morgan fingerprint density at radius 3 is 2.71 bits per heavy atom. The first-order chi connectivity index (χ1) is 20.2. The number of ether oxygens (including phenoxy) is 2. The monoisotopic (exact) mass is 587 g/mol. The minimum Gasteiger partial charge on any atom is -0.497 e. The maximum atomic E-state index is 13.9. The molecule has 0 fully saturated rings. The van der Waals surface area contributed by atoms with Crippen molar-refractivity contribution in [1.29, 1.82) is 0 Å². The number of furan rings is 1. The van der Waals surface area contributed by atoms with Gasteiger partial charge in [0, 0.05) is 23.3 Å². The van der Waals surface area contributed by atoms with E-state index in [9.17, 15) is 19.7 Å². The molecular formula is C31H29N3O7S. The van der Waals surface area contributed by atoms with E-state index in [0.29, 0.717) is 61.0 Å². The van der Waals surface area contributed by atoms with Gasteiger partial charge in [0.1, 0.15) is 17.3 Å². The number of hydrogen-bond donors (Lipinski definition) is 0. The van der Waals surface area contributed by atoms with Crippen molar-refractivity contribution in [2.24, 2.45) is 4.99 Å². The Bertz CT molecular complexity index is 1900. The van der Waals surface area contributed by atoms with Crippen molar-refractivity contribution >= 4 is 29.1 Å². The minimum atomic E-state index is -0.764. The molecule has 2 aromatic heterocycles. The predicted molar refractivity (Wildman–Crippen MR) is 158 cm³/mol. The molecular weight excluding hydrogens is 558 g/mol. The number of methoxy groups -OCH3 is 1. The molecule has 5 rings (SSSR count). The highest BCUT2D eigenvalue weighted by atomic mass is 32.1. The number of rotatable bonds is 9. The molecule has 0 aliphatic carbocycles. The Balaban J connectivity index is 1.66. The average Bonchev–Trinajstić information content (AvgIpc) is 3.57. The zero-order valence-electron chi connectivity index (χ0n) is 23.6. The summed E-state index contributed by atoms with van der Waals surface area (Å²) in [6, 6.07) is 14.8. The van der Waals surface area contributed by atoms with E-state index >= 15 is 0 Å². The van der Waals surface area contributed by atoms with E-state index in [1.165, 1.54) is 22.0 Å². The van der Waals surface area contributed by atoms with Crippen molar-refractivity contribution in [2.45, 2.75) is 39.7 Å². The van der Waals surface area contributed by atoms with Crippen LogP contribution in [-0.4, -0.2) is 29.2 Å². The summed E-state index contributed by atoms with van der Waals surface area (Å²) in [5, 5.41) is 11.4. The van der Waals surface area contributed by atoms with Crippen LogP contribution in [0.1, 0.15) is 49.6 Å². The van der Waals surface area contributed by atoms with Gasteiger partial charge >= 0.3 is 5.97 Å². The first-order valence-corrected chi connectivity index (χ1v) is 14.3. The molecule has 4 aromatic rings. The van der Waals surface area contributed by atoms with Gasteiger partial charge in [0.05, 0.1) is 40.5 Å². The molecule has 2 aromatic carbocycles. The molecule has 11 heteroatoms. The quantitative estimate of drug-likeness (QED) is 0.152. The second kappa shape index (κ2) is 12.0. The van der Waals surface area contributed by atoms with Crippen LogP contribution in [0.2, 0.25) is 0 Å². The van der Waals surface area contributed by atoms with E-state index in [4.69, 9.17) is 18.9 Å². The van der Waals surface area contributed by atoms with Crippen LogP contribution in [0.3, 0.4) is 0 Å². The number of nitro benzene ring substituents is 1. The van der Waals surface area contributed by atoms with E-state index < -0.39 is 16.9 Å². The number of thiazole rings is 1. The van der Waals surface area contributed by atoms with Gasteiger partial charge < -0.3 is 13.9 Å². The molecule has 42 heavy (non-hydrogen) atoms. The van der Waals surface area contributed by atoms with Crippen molar-refractivity contribution < 1.29 is 23.6 Å². The smallest absolute Gasteiger partial charge is 0.338 e. The molecule has 10 nitrogen and oxygen atoms in total. The number of hydrogen-bond acceptors (Lipinski definition) is 9. The Hall–Kier alpha value is -4.77. The summed E-state index contributed by atoms with van der Waals surface area (Å²) in [6.45, 7) is 5.59. The molecule has 1 aliphatic heterocycles. The highest BCUT2D eigenvalue weighted by molar-refractivity contribution is 7.07. The maximum Gasteiger partial charge on any atom is 0.338 e. The molecule has 0 radical (unpaired) electrons. The summed E-state index contributed by atoms with van der Waals surface area (Å²) in [7, 11) is 1.56. The third-order valence-corrected chi connectivity index (χ3v) is 7.88. The van der Waals surface area contributed by atoms with Crippen LogP contribution in [0.4, 0.5) is 5.69 Å². The minimum absolute atomic E-state index is 0.00316. The molecule has 0 spiro atoms. The summed E-state index contributed by atoms with van der Waals surface area (Å²) in [4.78, 5) is 43.4. The molecule has 0 amide bonds. The third-order valence-electron chi connectivity index (χ3n) is 6.89. The molecule has 216 valence electrons. The lowest BCUT2D eigenvalue weighted by Crippen LogP contribution is -2.40. The van der Waals surface area contributed by atoms with Gasteiger partial charge in [-0.3, -0.25) is 19.5 Å². The van der Waals surface area contributed by atoms with Gasteiger partial charge in [-0.15, -0.1) is 0 Å². The SMILES string of the molecule is CCCC1=C(C(=O)OCC)C(c2cccc(OC)c2)n2c(s/c(=C\c3ccc(-c4ccc(C)c([N+](=O)[O-])c4)o3)c2=O)=N1. The molecule has 1 unspecified atom stereocenters. The van der Waals surface area contributed by atoms with E-state index in [0.717, 1.165) is 6.42 Å². The molecule has 1 aliphatic rings. The second-order valence-electron chi connectivity index (χ2n) is 9.65. The Morgan fingerprint density at radius 1 is 1.19 bits per heavy atom. The van der Waals surface area contributed by atoms with Gasteiger partial charge in [-0.1, -0.05) is 48.9 Å². The molecule has 1 atom stereocenters. The van der Waals surface area contributed by atoms with E-state index in [1.54, 1.807) is 63.4 Å². The maximum absolute atomic E-state index is 13.9. The van der Waals surface area contributed by atoms with Crippen molar-refractivity contribution in [2.75, 3.05) is 13.7 Å². The summed E-state index contributed by atoms with van der Waals surface area (Å²) in [6.07, 6.45) is 2.89. The number of aromatic nitrogens is 1. The molecule has 0 saturated heterocycles. The van der Waals surface area contributed by atoms with Crippen LogP contribution in [0.5, 0.6) is 5.75 Å². The number of fused-ring (bicyclic) bond motifs is 1. The second-order valence-corrected chi connectivity index (χ2v) is 10.7. The Morgan fingerprint density at radius 2 is 2.00 bits per heavy atom. The van der Waals surface area contributed by atoms with E-state index in [-0.39, 0.29) is 17.9 Å². The fourth-order valence-corrected chi connectivity index (χ4v) is 5.92. The number of nitro groups is 1. The van der Waals surface area contributed by atoms with Crippen LogP contribution in [0.15, 0.2) is 80.1 Å². The van der Waals surface area contributed by atoms with Gasteiger partial charge in [0.15, 0.2) is 4.80 Å². The van der Waals surface area contributed by atoms with Crippen molar-refractivity contribution in [3.63, 3.8) is 0 Å². The average molecular weight is 588 g/mol. The fraction of sp³-hybridized carbons (Fsp3) is 0.258. The number of allylic oxidation sites excluding steroid dienone is 1. The van der Waals surface area contributed by atoms with Crippen LogP contribution in [0, 0.1) is 17.0 Å². The third kappa shape index (κ3) is 5.42. The molecule has 0 bridgehead atoms. The first kappa shape index (κ1) is 28.7. The lowest BCUT2D eigenvalue weighted by atomic mass is 9.94. The van der Waals surface area contributed by atoms with Crippen LogP contribution >= 0.6 is 11.3 Å². The number of esters is 1. The van der Waals surface area contributed by atoms with E-state index in [2.05, 4.69) is 0 Å². The number of carbonyl (C=O) groups excluding carboxylic acids is 1. The summed E-state index contributed by atoms with van der Waals surface area (Å²) in [5.74, 6) is 0.900. The van der Waals surface area contributed by atoms with Gasteiger partial charge in [-0.25, -0.2) is 9.79 Å². The zero-order valence-corrected chi connectivity index (χ0v) is 24.4. The normalized spacial score (nSPS) is 14.9. The van der Waals surface area contributed by atoms with Gasteiger partial charge in [0.25, 0.3) is 11.2 Å². The highest BCUT2D eigenvalue weighted by Crippen LogP contribution is 2.34. The largest absolute Gasteiger partial charge is 0.497 e. The van der Waals surface area contributed by atoms with Crippen molar-refractivity contribution in [1.82, 2.24) is 4.57 Å². The number of carbonyl (C=O) groups is 1. The van der Waals surface area contributed by atoms with Gasteiger partial charge in [-0.05, 0) is 50.1 Å². The molecule has 0 saturated carbocycles. The highest BCUT2D eigenvalue weighted by Gasteiger charge is 2.34. The standard InChI is InChI=1S/C31H29N3O7S/c1-5-8-23-27(30(36)40-6-2)28(20-9-7-10-21(15-20)39-4)33-29(35)26(42-31(33)32-23)17-22-13-14-25(41-22)19-12-11-18(3)24(16-19)34(37)38/h7,9-17,28H,5-6,8H2,1-4H3/b26-17-. The van der Waals surface area contributed by atoms with Crippen LogP contribution < -0.4 is 19.6 Å². The predicted octanol–water partition coefficient (Wildman–Crippen LogP) is 5.06. The number of nitrogens with zero attached hydrogens (tertiary/aromatic N) is 3. The van der Waals surface area contributed by atoms with Crippen LogP contribution in [-0.2, 0) is 9.53 Å². The van der Waals surface area contributed by atoms with Crippen LogP contribution in [0.25, 0.3) is 17.4 Å². The van der Waals surface area contributed by atoms with E-state index in [1.807, 2.05) is 19.1 Å². The van der Waals surface area contributed by atoms with Gasteiger partial charge in [-0.2, -0.15) is 0 Å². The van der Waals surface area contributed by atoms with Crippen molar-refractivity contribution in [3.05, 3.63) is 113 Å². The Kier molecular flexibility index (Phi) is 8.21. The number of benzene rings is 2. The lowest BCUT2D eigenvalue weighted by Gasteiger charge is -2.26. The summed E-state index contributed by atoms with van der Waals surface area (Å²) < 4.78 is 18.7. The number of aryl methyl sites for hydroxylation is 1. The lowest BCUT2D eigenvalue weighted by molar-refractivity contribution is -0.385. The summed E-state index contributed by atoms with van der Waals surface area (Å²) >= 11 is 1.20. The zero-order chi connectivity index (χ0) is 30.0. The topological polar surface area (TPSA) is 126 Å². The fourth-order valence-electron chi connectivity index (χ4n) is 4.92. The first-order valence-electron chi connectivity index (χ1n) is 13.5. The molecule has 0 N–H and O–H groups in total. The molecule has 3 heterocycles.